The zero-order valence-electron chi connectivity index (χ0n) is 19.8. The number of carbonyl (C=O) groups excluding carboxylic acids is 2. The fourth-order valence-electron chi connectivity index (χ4n) is 3.83. The minimum atomic E-state index is -1.16. The Morgan fingerprint density at radius 3 is 2.44 bits per heavy atom. The molecule has 0 aliphatic rings. The number of nitrogens with one attached hydrogen (secondary N) is 1. The number of anilines is 1. The number of hydrogen-bond donors (Lipinski definition) is 1. The smallest absolute Gasteiger partial charge is 0.247 e. The molecule has 0 aliphatic heterocycles. The van der Waals surface area contributed by atoms with E-state index in [9.17, 15) is 18.4 Å². The third kappa shape index (κ3) is 4.55. The van der Waals surface area contributed by atoms with Gasteiger partial charge in [0.25, 0.3) is 0 Å². The number of benzene rings is 2. The summed E-state index contributed by atoms with van der Waals surface area (Å²) in [7, 11) is 2.39. The monoisotopic (exact) mass is 492 g/mol. The molecule has 0 aliphatic carbocycles. The Kier molecular flexibility index (Phi) is 6.82. The van der Waals surface area contributed by atoms with E-state index in [1.807, 2.05) is 19.1 Å². The first kappa shape index (κ1) is 24.6. The van der Waals surface area contributed by atoms with E-state index in [1.165, 1.54) is 32.6 Å². The maximum atomic E-state index is 14.8. The molecule has 0 bridgehead atoms. The van der Waals surface area contributed by atoms with E-state index >= 15 is 0 Å². The van der Waals surface area contributed by atoms with Gasteiger partial charge in [-0.3, -0.25) is 14.6 Å². The fourth-order valence-corrected chi connectivity index (χ4v) is 3.83. The first-order chi connectivity index (χ1) is 17.3. The van der Waals surface area contributed by atoms with E-state index in [0.29, 0.717) is 23.2 Å². The van der Waals surface area contributed by atoms with E-state index in [-0.39, 0.29) is 28.7 Å². The summed E-state index contributed by atoms with van der Waals surface area (Å²) in [6.45, 7) is 5.39. The maximum Gasteiger partial charge on any atom is 0.247 e. The lowest BCUT2D eigenvalue weighted by Gasteiger charge is -2.12. The van der Waals surface area contributed by atoms with Gasteiger partial charge in [-0.25, -0.2) is 8.78 Å². The normalized spacial score (nSPS) is 10.8. The van der Waals surface area contributed by atoms with Gasteiger partial charge in [0, 0.05) is 29.3 Å². The van der Waals surface area contributed by atoms with Crippen LogP contribution in [-0.4, -0.2) is 30.9 Å². The summed E-state index contributed by atoms with van der Waals surface area (Å²) in [5, 5.41) is 3.30. The van der Waals surface area contributed by atoms with Crippen molar-refractivity contribution in [1.29, 1.82) is 0 Å². The molecule has 0 atom stereocenters. The molecule has 0 fully saturated rings. The van der Waals surface area contributed by atoms with Crippen molar-refractivity contribution in [3.63, 3.8) is 0 Å². The number of aromatic nitrogens is 1. The number of methoxy groups -OCH3 is 2. The molecule has 2 heterocycles. The predicted molar refractivity (Wildman–Crippen MR) is 130 cm³/mol. The number of ketones is 1. The molecule has 2 aromatic carbocycles. The summed E-state index contributed by atoms with van der Waals surface area (Å²) in [6, 6.07) is 9.65. The van der Waals surface area contributed by atoms with Gasteiger partial charge in [0.1, 0.15) is 5.56 Å². The lowest BCUT2D eigenvalue weighted by Crippen LogP contribution is -2.10. The molecular formula is C27H22F2N2O5. The average molecular weight is 492 g/mol. The average Bonchev–Trinajstić information content (AvgIpc) is 3.30. The summed E-state index contributed by atoms with van der Waals surface area (Å²) >= 11 is 0. The molecule has 7 nitrogen and oxygen atoms in total. The van der Waals surface area contributed by atoms with Crippen molar-refractivity contribution in [2.75, 3.05) is 19.5 Å². The van der Waals surface area contributed by atoms with E-state index in [2.05, 4.69) is 16.9 Å². The molecule has 9 heteroatoms. The number of pyridine rings is 1. The number of rotatable bonds is 8. The zero-order chi connectivity index (χ0) is 26.0. The highest BCUT2D eigenvalue weighted by atomic mass is 19.1. The maximum absolute atomic E-state index is 14.8. The van der Waals surface area contributed by atoms with Crippen LogP contribution in [0.5, 0.6) is 11.5 Å². The molecule has 2 aromatic heterocycles. The van der Waals surface area contributed by atoms with Gasteiger partial charge in [0.15, 0.2) is 34.5 Å². The molecule has 4 aromatic rings. The Balaban J connectivity index is 1.70. The molecular weight excluding hydrogens is 470 g/mol. The first-order valence-electron chi connectivity index (χ1n) is 10.8. The van der Waals surface area contributed by atoms with Crippen molar-refractivity contribution in [1.82, 2.24) is 4.98 Å². The number of nitrogens with zero attached hydrogens (tertiary/aromatic N) is 1. The van der Waals surface area contributed by atoms with Crippen LogP contribution in [0, 0.1) is 18.6 Å². The molecule has 4 rings (SSSR count). The highest BCUT2D eigenvalue weighted by molar-refractivity contribution is 6.09. The van der Waals surface area contributed by atoms with Crippen LogP contribution in [0.15, 0.2) is 59.7 Å². The van der Waals surface area contributed by atoms with E-state index < -0.39 is 23.0 Å². The Hall–Kier alpha value is -4.53. The van der Waals surface area contributed by atoms with Crippen LogP contribution < -0.4 is 14.8 Å². The van der Waals surface area contributed by atoms with Crippen LogP contribution >= 0.6 is 0 Å². The minimum absolute atomic E-state index is 0.266. The van der Waals surface area contributed by atoms with Gasteiger partial charge in [0.05, 0.1) is 20.4 Å². The standard InChI is InChI=1S/C27H22F2N2O5/c1-5-23(32)31-18-8-6-7-14(2)17(18)11-16-9-15-10-21(36-22(15)13-30-16)27(33)24-25(28)19(34-3)12-20(35-4)26(24)29/h5-10,12-13H,1,11H2,2-4H3,(H,31,32). The molecule has 0 unspecified atom stereocenters. The number of halogens is 2. The molecule has 0 radical (unpaired) electrons. The van der Waals surface area contributed by atoms with E-state index in [1.54, 1.807) is 12.1 Å². The topological polar surface area (TPSA) is 90.7 Å². The molecule has 1 amide bonds. The molecule has 0 saturated carbocycles. The summed E-state index contributed by atoms with van der Waals surface area (Å²) in [4.78, 5) is 29.3. The van der Waals surface area contributed by atoms with Crippen molar-refractivity contribution in [2.24, 2.45) is 0 Å². The van der Waals surface area contributed by atoms with Crippen molar-refractivity contribution in [3.8, 4) is 11.5 Å². The number of fused-ring (bicyclic) bond motifs is 1. The lowest BCUT2D eigenvalue weighted by molar-refractivity contribution is -0.111. The number of aryl methyl sites for hydroxylation is 1. The third-order valence-electron chi connectivity index (χ3n) is 5.70. The van der Waals surface area contributed by atoms with Gasteiger partial charge >= 0.3 is 0 Å². The largest absolute Gasteiger partial charge is 0.494 e. The Bertz CT molecular complexity index is 1480. The second-order valence-corrected chi connectivity index (χ2v) is 7.91. The summed E-state index contributed by atoms with van der Waals surface area (Å²) in [5.41, 5.74) is 2.48. The van der Waals surface area contributed by atoms with Crippen LogP contribution in [0.25, 0.3) is 11.0 Å². The number of furan rings is 1. The summed E-state index contributed by atoms with van der Waals surface area (Å²) < 4.78 is 45.0. The Labute approximate surface area is 205 Å². The highest BCUT2D eigenvalue weighted by Gasteiger charge is 2.28. The molecule has 0 saturated heterocycles. The molecule has 36 heavy (non-hydrogen) atoms. The fraction of sp³-hybridized carbons (Fsp3) is 0.148. The van der Waals surface area contributed by atoms with Gasteiger partial charge in [-0.1, -0.05) is 18.7 Å². The van der Waals surface area contributed by atoms with Crippen LogP contribution in [0.4, 0.5) is 14.5 Å². The Morgan fingerprint density at radius 1 is 1.11 bits per heavy atom. The second-order valence-electron chi connectivity index (χ2n) is 7.91. The van der Waals surface area contributed by atoms with Crippen molar-refractivity contribution < 1.29 is 32.3 Å². The summed E-state index contributed by atoms with van der Waals surface area (Å²) in [5.74, 6) is -4.61. The van der Waals surface area contributed by atoms with E-state index in [4.69, 9.17) is 13.9 Å². The molecule has 1 N–H and O–H groups in total. The third-order valence-corrected chi connectivity index (χ3v) is 5.70. The SMILES string of the molecule is C=CC(=O)Nc1cccc(C)c1Cc1cc2cc(C(=O)c3c(F)c(OC)cc(OC)c3F)oc2cn1. The van der Waals surface area contributed by atoms with Crippen LogP contribution in [0.3, 0.4) is 0 Å². The van der Waals surface area contributed by atoms with Crippen molar-refractivity contribution in [3.05, 3.63) is 95.0 Å². The summed E-state index contributed by atoms with van der Waals surface area (Å²) in [6.07, 6.45) is 2.99. The first-order valence-corrected chi connectivity index (χ1v) is 10.8. The zero-order valence-corrected chi connectivity index (χ0v) is 19.8. The lowest BCUT2D eigenvalue weighted by atomic mass is 10.0. The van der Waals surface area contributed by atoms with Gasteiger partial charge in [-0.05, 0) is 42.3 Å². The van der Waals surface area contributed by atoms with Crippen LogP contribution in [0.2, 0.25) is 0 Å². The molecule has 184 valence electrons. The van der Waals surface area contributed by atoms with Crippen LogP contribution in [0.1, 0.15) is 32.9 Å². The van der Waals surface area contributed by atoms with Crippen molar-refractivity contribution in [2.45, 2.75) is 13.3 Å². The second kappa shape index (κ2) is 9.99. The predicted octanol–water partition coefficient (Wildman–Crippen LogP) is 5.38. The highest BCUT2D eigenvalue weighted by Crippen LogP contribution is 2.34. The van der Waals surface area contributed by atoms with Crippen LogP contribution in [-0.2, 0) is 11.2 Å². The minimum Gasteiger partial charge on any atom is -0.494 e. The van der Waals surface area contributed by atoms with Gasteiger partial charge < -0.3 is 19.2 Å². The van der Waals surface area contributed by atoms with Gasteiger partial charge in [-0.2, -0.15) is 0 Å². The number of ether oxygens (including phenoxy) is 2. The van der Waals surface area contributed by atoms with Gasteiger partial charge in [-0.15, -0.1) is 0 Å². The number of hydrogen-bond acceptors (Lipinski definition) is 6. The Morgan fingerprint density at radius 2 is 1.81 bits per heavy atom. The quantitative estimate of drug-likeness (QED) is 0.262. The number of amides is 1. The van der Waals surface area contributed by atoms with E-state index in [0.717, 1.165) is 17.2 Å². The number of carbonyl (C=O) groups is 2. The molecule has 0 spiro atoms. The van der Waals surface area contributed by atoms with Gasteiger partial charge in [0.2, 0.25) is 11.7 Å². The van der Waals surface area contributed by atoms with Crippen molar-refractivity contribution >= 4 is 28.3 Å².